The predicted octanol–water partition coefficient (Wildman–Crippen LogP) is 4.32. The third-order valence-corrected chi connectivity index (χ3v) is 6.22. The Morgan fingerprint density at radius 2 is 2.00 bits per heavy atom. The minimum Gasteiger partial charge on any atom is -0.316 e. The Bertz CT molecular complexity index is 469. The van der Waals surface area contributed by atoms with Crippen LogP contribution in [0, 0.1) is 18.3 Å². The molecule has 2 rings (SSSR count). The number of aromatic nitrogens is 2. The molecule has 0 aromatic carbocycles. The molecule has 1 heterocycles. The van der Waals surface area contributed by atoms with Crippen molar-refractivity contribution in [3.8, 4) is 0 Å². The van der Waals surface area contributed by atoms with Crippen molar-refractivity contribution >= 4 is 15.9 Å². The van der Waals surface area contributed by atoms with Crippen LogP contribution >= 0.6 is 15.9 Å². The summed E-state index contributed by atoms with van der Waals surface area (Å²) in [5.74, 6) is 0.787. The molecule has 4 heteroatoms. The van der Waals surface area contributed by atoms with E-state index >= 15 is 0 Å². The monoisotopic (exact) mass is 355 g/mol. The lowest BCUT2D eigenvalue weighted by Gasteiger charge is -2.38. The second-order valence-electron chi connectivity index (χ2n) is 7.26. The van der Waals surface area contributed by atoms with Gasteiger partial charge in [-0.05, 0) is 73.8 Å². The van der Waals surface area contributed by atoms with Gasteiger partial charge in [-0.2, -0.15) is 5.10 Å². The summed E-state index contributed by atoms with van der Waals surface area (Å²) in [5.41, 5.74) is 2.99. The zero-order valence-electron chi connectivity index (χ0n) is 14.2. The van der Waals surface area contributed by atoms with E-state index in [1.807, 2.05) is 0 Å². The van der Waals surface area contributed by atoms with Crippen LogP contribution in [0.5, 0.6) is 0 Å². The van der Waals surface area contributed by atoms with E-state index < -0.39 is 0 Å². The molecule has 0 aliphatic heterocycles. The average Bonchev–Trinajstić information content (AvgIpc) is 2.72. The molecule has 21 heavy (non-hydrogen) atoms. The summed E-state index contributed by atoms with van der Waals surface area (Å²) in [7, 11) is 2.11. The Morgan fingerprint density at radius 1 is 1.38 bits per heavy atom. The van der Waals surface area contributed by atoms with Gasteiger partial charge < -0.3 is 5.32 Å². The van der Waals surface area contributed by atoms with Crippen LogP contribution in [0.3, 0.4) is 0 Å². The molecule has 1 saturated carbocycles. The lowest BCUT2D eigenvalue weighted by Crippen LogP contribution is -2.39. The molecule has 120 valence electrons. The van der Waals surface area contributed by atoms with Crippen LogP contribution in [0.1, 0.15) is 57.8 Å². The molecule has 1 aromatic heterocycles. The van der Waals surface area contributed by atoms with Crippen LogP contribution in [0.15, 0.2) is 4.47 Å². The second kappa shape index (κ2) is 6.82. The fourth-order valence-electron chi connectivity index (χ4n) is 3.60. The Labute approximate surface area is 138 Å². The van der Waals surface area contributed by atoms with Crippen molar-refractivity contribution in [1.82, 2.24) is 15.1 Å². The molecule has 0 amide bonds. The first-order valence-corrected chi connectivity index (χ1v) is 9.06. The molecular weight excluding hydrogens is 326 g/mol. The summed E-state index contributed by atoms with van der Waals surface area (Å²) in [5, 5.41) is 8.20. The van der Waals surface area contributed by atoms with Gasteiger partial charge in [-0.1, -0.05) is 13.8 Å². The molecule has 0 saturated heterocycles. The first kappa shape index (κ1) is 17.0. The normalized spacial score (nSPS) is 20.7. The van der Waals surface area contributed by atoms with E-state index in [2.05, 4.69) is 65.8 Å². The highest BCUT2D eigenvalue weighted by atomic mass is 79.9. The van der Waals surface area contributed by atoms with Gasteiger partial charge >= 0.3 is 0 Å². The molecule has 1 aromatic rings. The maximum absolute atomic E-state index is 4.63. The molecule has 0 bridgehead atoms. The van der Waals surface area contributed by atoms with Gasteiger partial charge in [-0.25, -0.2) is 0 Å². The molecule has 3 nitrogen and oxygen atoms in total. The van der Waals surface area contributed by atoms with E-state index in [1.165, 1.54) is 35.8 Å². The zero-order valence-corrected chi connectivity index (χ0v) is 15.8. The Hall–Kier alpha value is -0.350. The van der Waals surface area contributed by atoms with Crippen LogP contribution in [0.4, 0.5) is 0 Å². The molecule has 1 aliphatic carbocycles. The average molecular weight is 356 g/mol. The number of aryl methyl sites for hydroxylation is 2. The van der Waals surface area contributed by atoms with E-state index in [-0.39, 0.29) is 0 Å². The third kappa shape index (κ3) is 3.89. The summed E-state index contributed by atoms with van der Waals surface area (Å²) in [6.07, 6.45) is 6.45. The Balaban J connectivity index is 2.10. The smallest absolute Gasteiger partial charge is 0.0738 e. The highest BCUT2D eigenvalue weighted by Gasteiger charge is 2.31. The summed E-state index contributed by atoms with van der Waals surface area (Å²) in [4.78, 5) is 0. The standard InChI is InChI=1S/C17H30BrN3/c1-6-21-15(16(18)12(2)20-21)11-14(19-5)13-7-9-17(3,4)10-8-13/h13-14,19H,6-11H2,1-5H3. The summed E-state index contributed by atoms with van der Waals surface area (Å²) in [6, 6.07) is 0.554. The molecule has 1 N–H and O–H groups in total. The Morgan fingerprint density at radius 3 is 2.52 bits per heavy atom. The number of rotatable bonds is 5. The van der Waals surface area contributed by atoms with Crippen LogP contribution in [0.2, 0.25) is 0 Å². The molecular formula is C17H30BrN3. The highest BCUT2D eigenvalue weighted by Crippen LogP contribution is 2.40. The Kier molecular flexibility index (Phi) is 5.53. The van der Waals surface area contributed by atoms with Gasteiger partial charge in [0.1, 0.15) is 0 Å². The first-order valence-electron chi connectivity index (χ1n) is 8.27. The molecule has 1 unspecified atom stereocenters. The minimum atomic E-state index is 0.539. The van der Waals surface area contributed by atoms with Crippen molar-refractivity contribution in [2.24, 2.45) is 11.3 Å². The maximum Gasteiger partial charge on any atom is 0.0738 e. The second-order valence-corrected chi connectivity index (χ2v) is 8.06. The lowest BCUT2D eigenvalue weighted by molar-refractivity contribution is 0.162. The van der Waals surface area contributed by atoms with E-state index in [9.17, 15) is 0 Å². The van der Waals surface area contributed by atoms with Crippen LogP contribution in [0.25, 0.3) is 0 Å². The lowest BCUT2D eigenvalue weighted by atomic mass is 9.70. The number of hydrogen-bond acceptors (Lipinski definition) is 2. The van der Waals surface area contributed by atoms with E-state index in [1.54, 1.807) is 0 Å². The number of likely N-dealkylation sites (N-methyl/N-ethyl adjacent to an activating group) is 1. The largest absolute Gasteiger partial charge is 0.316 e. The predicted molar refractivity (Wildman–Crippen MR) is 92.6 cm³/mol. The van der Waals surface area contributed by atoms with E-state index in [0.29, 0.717) is 11.5 Å². The van der Waals surface area contributed by atoms with Crippen LogP contribution < -0.4 is 5.32 Å². The fraction of sp³-hybridized carbons (Fsp3) is 0.824. The van der Waals surface area contributed by atoms with Gasteiger partial charge in [0.2, 0.25) is 0 Å². The highest BCUT2D eigenvalue weighted by molar-refractivity contribution is 9.10. The molecule has 1 fully saturated rings. The van der Waals surface area contributed by atoms with Crippen LogP contribution in [-0.2, 0) is 13.0 Å². The molecule has 1 atom stereocenters. The topological polar surface area (TPSA) is 29.9 Å². The van der Waals surface area contributed by atoms with E-state index in [4.69, 9.17) is 0 Å². The summed E-state index contributed by atoms with van der Waals surface area (Å²) < 4.78 is 3.34. The maximum atomic E-state index is 4.63. The van der Waals surface area contributed by atoms with Gasteiger partial charge in [0.15, 0.2) is 0 Å². The number of halogens is 1. The molecule has 1 aliphatic rings. The van der Waals surface area contributed by atoms with E-state index in [0.717, 1.165) is 24.6 Å². The van der Waals surface area contributed by atoms with Gasteiger partial charge in [-0.3, -0.25) is 4.68 Å². The molecule has 0 radical (unpaired) electrons. The van der Waals surface area contributed by atoms with Crippen molar-refractivity contribution in [1.29, 1.82) is 0 Å². The number of hydrogen-bond donors (Lipinski definition) is 1. The number of nitrogens with one attached hydrogen (secondary N) is 1. The van der Waals surface area contributed by atoms with Gasteiger partial charge in [0.05, 0.1) is 15.9 Å². The SMILES string of the molecule is CCn1nc(C)c(Br)c1CC(NC)C1CCC(C)(C)CC1. The summed E-state index contributed by atoms with van der Waals surface area (Å²) in [6.45, 7) is 10.0. The van der Waals surface area contributed by atoms with Gasteiger partial charge in [-0.15, -0.1) is 0 Å². The van der Waals surface area contributed by atoms with Crippen molar-refractivity contribution in [2.45, 2.75) is 72.4 Å². The van der Waals surface area contributed by atoms with Crippen molar-refractivity contribution < 1.29 is 0 Å². The molecule has 0 spiro atoms. The van der Waals surface area contributed by atoms with Gasteiger partial charge in [0, 0.05) is 19.0 Å². The fourth-order valence-corrected chi connectivity index (χ4v) is 4.05. The number of nitrogens with zero attached hydrogens (tertiary/aromatic N) is 2. The van der Waals surface area contributed by atoms with Crippen molar-refractivity contribution in [2.75, 3.05) is 7.05 Å². The van der Waals surface area contributed by atoms with Crippen molar-refractivity contribution in [3.63, 3.8) is 0 Å². The zero-order chi connectivity index (χ0) is 15.6. The quantitative estimate of drug-likeness (QED) is 0.852. The minimum absolute atomic E-state index is 0.539. The third-order valence-electron chi connectivity index (χ3n) is 5.19. The van der Waals surface area contributed by atoms with Gasteiger partial charge in [0.25, 0.3) is 0 Å². The first-order chi connectivity index (χ1) is 9.88. The van der Waals surface area contributed by atoms with Crippen LogP contribution in [-0.4, -0.2) is 22.9 Å². The summed E-state index contributed by atoms with van der Waals surface area (Å²) >= 11 is 3.73. The van der Waals surface area contributed by atoms with Crippen molar-refractivity contribution in [3.05, 3.63) is 15.9 Å².